The molecular weight excluding hydrogens is 388 g/mol. The Morgan fingerprint density at radius 2 is 2.07 bits per heavy atom. The fourth-order valence-corrected chi connectivity index (χ4v) is 4.75. The fourth-order valence-electron chi connectivity index (χ4n) is 3.21. The Bertz CT molecular complexity index is 702. The van der Waals surface area contributed by atoms with Gasteiger partial charge in [-0.2, -0.15) is 12.6 Å². The largest absolute Gasteiger partial charge is 0.480 e. The number of nitrogens with zero attached hydrogens (tertiary/aromatic N) is 1. The molecular formula is C18H22N2O5S2. The molecule has 0 saturated carbocycles. The van der Waals surface area contributed by atoms with Crippen LogP contribution in [0.25, 0.3) is 0 Å². The van der Waals surface area contributed by atoms with Crippen molar-refractivity contribution in [3.8, 4) is 0 Å². The van der Waals surface area contributed by atoms with Crippen LogP contribution >= 0.6 is 24.4 Å². The van der Waals surface area contributed by atoms with Crippen molar-refractivity contribution in [2.45, 2.75) is 35.5 Å². The van der Waals surface area contributed by atoms with Crippen LogP contribution in [0.2, 0.25) is 0 Å². The molecule has 9 heteroatoms. The van der Waals surface area contributed by atoms with Gasteiger partial charge in [0.1, 0.15) is 11.4 Å². The second kappa shape index (κ2) is 8.99. The zero-order valence-corrected chi connectivity index (χ0v) is 16.3. The van der Waals surface area contributed by atoms with Gasteiger partial charge in [0.15, 0.2) is 6.04 Å². The van der Waals surface area contributed by atoms with Crippen molar-refractivity contribution >= 4 is 42.2 Å². The van der Waals surface area contributed by atoms with Crippen LogP contribution in [0.1, 0.15) is 12.0 Å². The van der Waals surface area contributed by atoms with Crippen LogP contribution in [0.4, 0.5) is 0 Å². The number of hydrogen-bond donors (Lipinski definition) is 3. The maximum atomic E-state index is 13.0. The lowest BCUT2D eigenvalue weighted by atomic mass is 10.1. The smallest absolute Gasteiger partial charge is 0.328 e. The molecule has 3 rings (SSSR count). The lowest BCUT2D eigenvalue weighted by molar-refractivity contribution is -0.160. The first-order chi connectivity index (χ1) is 13.0. The van der Waals surface area contributed by atoms with Crippen molar-refractivity contribution in [3.05, 3.63) is 35.9 Å². The molecule has 2 amide bonds. The molecule has 7 nitrogen and oxygen atoms in total. The minimum Gasteiger partial charge on any atom is -0.480 e. The van der Waals surface area contributed by atoms with Crippen LogP contribution in [0.5, 0.6) is 0 Å². The van der Waals surface area contributed by atoms with Gasteiger partial charge < -0.3 is 20.1 Å². The Morgan fingerprint density at radius 3 is 2.78 bits per heavy atom. The van der Waals surface area contributed by atoms with Gasteiger partial charge in [-0.05, 0) is 24.2 Å². The van der Waals surface area contributed by atoms with E-state index in [-0.39, 0.29) is 23.8 Å². The third-order valence-electron chi connectivity index (χ3n) is 4.63. The molecule has 0 aliphatic carbocycles. The van der Waals surface area contributed by atoms with Crippen molar-refractivity contribution in [2.75, 3.05) is 19.0 Å². The summed E-state index contributed by atoms with van der Waals surface area (Å²) in [5.41, 5.74) is 0.981. The molecule has 1 aromatic rings. The lowest BCUT2D eigenvalue weighted by Crippen LogP contribution is -2.60. The zero-order chi connectivity index (χ0) is 19.4. The first-order valence-corrected chi connectivity index (χ1v) is 10.3. The molecule has 0 spiro atoms. The minimum atomic E-state index is -1.10. The van der Waals surface area contributed by atoms with Crippen LogP contribution in [-0.2, 0) is 25.5 Å². The van der Waals surface area contributed by atoms with E-state index in [9.17, 15) is 19.5 Å². The number of rotatable bonds is 5. The van der Waals surface area contributed by atoms with E-state index >= 15 is 0 Å². The van der Waals surface area contributed by atoms with Gasteiger partial charge in [0, 0.05) is 0 Å². The Morgan fingerprint density at radius 1 is 1.33 bits per heavy atom. The number of carbonyl (C=O) groups is 3. The topological polar surface area (TPSA) is 95.9 Å². The third-order valence-corrected chi connectivity index (χ3v) is 6.26. The number of nitrogens with one attached hydrogen (secondary N) is 1. The van der Waals surface area contributed by atoms with Gasteiger partial charge in [-0.1, -0.05) is 30.3 Å². The van der Waals surface area contributed by atoms with E-state index in [1.807, 2.05) is 30.3 Å². The summed E-state index contributed by atoms with van der Waals surface area (Å²) in [6.07, 6.45) is 0.893. The predicted molar refractivity (Wildman–Crippen MR) is 105 cm³/mol. The van der Waals surface area contributed by atoms with Crippen LogP contribution in [0, 0.1) is 0 Å². The summed E-state index contributed by atoms with van der Waals surface area (Å²) in [5, 5.41) is 11.3. The van der Waals surface area contributed by atoms with Gasteiger partial charge >= 0.3 is 5.97 Å². The van der Waals surface area contributed by atoms with Gasteiger partial charge in [-0.15, -0.1) is 11.8 Å². The first-order valence-electron chi connectivity index (χ1n) is 8.74. The number of aliphatic carboxylic acids is 1. The lowest BCUT2D eigenvalue weighted by Gasteiger charge is -2.39. The van der Waals surface area contributed by atoms with E-state index in [4.69, 9.17) is 4.74 Å². The molecule has 2 fully saturated rings. The number of morpholine rings is 1. The molecule has 2 aliphatic heterocycles. The number of thioether (sulfide) groups is 1. The highest BCUT2D eigenvalue weighted by Gasteiger charge is 2.44. The van der Waals surface area contributed by atoms with Crippen LogP contribution in [0.3, 0.4) is 0 Å². The summed E-state index contributed by atoms with van der Waals surface area (Å²) < 4.78 is 5.34. The summed E-state index contributed by atoms with van der Waals surface area (Å²) in [5.74, 6) is -1.17. The summed E-state index contributed by atoms with van der Waals surface area (Å²) in [6, 6.07) is 7.74. The number of benzene rings is 1. The number of thiol groups is 1. The molecule has 1 aromatic carbocycles. The summed E-state index contributed by atoms with van der Waals surface area (Å²) in [4.78, 5) is 38.4. The van der Waals surface area contributed by atoms with Crippen LogP contribution in [-0.4, -0.2) is 69.5 Å². The third kappa shape index (κ3) is 4.77. The first kappa shape index (κ1) is 20.0. The maximum absolute atomic E-state index is 13.0. The molecule has 0 aromatic heterocycles. The number of carboxylic acid groups (broad SMARTS) is 1. The summed E-state index contributed by atoms with van der Waals surface area (Å²) >= 11 is 5.86. The Labute approximate surface area is 167 Å². The maximum Gasteiger partial charge on any atom is 0.328 e. The molecule has 0 radical (unpaired) electrons. The van der Waals surface area contributed by atoms with Gasteiger partial charge in [0.2, 0.25) is 11.8 Å². The molecule has 146 valence electrons. The molecule has 2 N–H and O–H groups in total. The summed E-state index contributed by atoms with van der Waals surface area (Å²) in [7, 11) is 0. The number of ether oxygens (including phenoxy) is 1. The fraction of sp³-hybridized carbons (Fsp3) is 0.500. The number of carbonyl (C=O) groups excluding carboxylic acids is 2. The van der Waals surface area contributed by atoms with Crippen molar-refractivity contribution in [1.82, 2.24) is 10.2 Å². The second-order valence-electron chi connectivity index (χ2n) is 6.52. The van der Waals surface area contributed by atoms with Crippen molar-refractivity contribution in [3.63, 3.8) is 0 Å². The molecule has 2 saturated heterocycles. The highest BCUT2D eigenvalue weighted by molar-refractivity contribution is 7.99. The van der Waals surface area contributed by atoms with E-state index in [2.05, 4.69) is 17.9 Å². The van der Waals surface area contributed by atoms with Gasteiger partial charge in [-0.3, -0.25) is 9.59 Å². The van der Waals surface area contributed by atoms with Crippen molar-refractivity contribution in [1.29, 1.82) is 0 Å². The SMILES string of the molecule is O=C(NC1CCSC2COCC(C(=O)O)N2C1=O)C(S)Cc1ccccc1. The monoisotopic (exact) mass is 410 g/mol. The van der Waals surface area contributed by atoms with E-state index in [1.165, 1.54) is 16.7 Å². The molecule has 27 heavy (non-hydrogen) atoms. The average molecular weight is 411 g/mol. The van der Waals surface area contributed by atoms with E-state index in [1.54, 1.807) is 0 Å². The van der Waals surface area contributed by atoms with Gasteiger partial charge in [-0.25, -0.2) is 4.79 Å². The quantitative estimate of drug-likeness (QED) is 0.621. The molecule has 2 aliphatic rings. The zero-order valence-electron chi connectivity index (χ0n) is 14.6. The van der Waals surface area contributed by atoms with Gasteiger partial charge in [0.25, 0.3) is 0 Å². The Kier molecular flexibility index (Phi) is 6.67. The van der Waals surface area contributed by atoms with Gasteiger partial charge in [0.05, 0.1) is 18.5 Å². The Balaban J connectivity index is 1.67. The predicted octanol–water partition coefficient (Wildman–Crippen LogP) is 0.787. The van der Waals surface area contributed by atoms with Crippen LogP contribution in [0.15, 0.2) is 30.3 Å². The average Bonchev–Trinajstić information content (AvgIpc) is 2.81. The highest BCUT2D eigenvalue weighted by Crippen LogP contribution is 2.29. The number of carboxylic acids is 1. The van der Waals surface area contributed by atoms with Crippen molar-refractivity contribution in [2.24, 2.45) is 0 Å². The number of hydrogen-bond acceptors (Lipinski definition) is 6. The second-order valence-corrected chi connectivity index (χ2v) is 8.43. The van der Waals surface area contributed by atoms with E-state index < -0.39 is 23.3 Å². The molecule has 4 atom stereocenters. The molecule has 4 unspecified atom stereocenters. The minimum absolute atomic E-state index is 0.0397. The molecule has 2 heterocycles. The van der Waals surface area contributed by atoms with E-state index in [0.29, 0.717) is 25.2 Å². The standard InChI is InChI=1S/C18H22N2O5S2/c21-16(14(26)8-11-4-2-1-3-5-11)19-12-6-7-27-15-10-25-9-13(18(23)24)20(15)17(12)22/h1-5,12-15,26H,6-10H2,(H,19,21)(H,23,24). The molecule has 0 bridgehead atoms. The normalized spacial score (nSPS) is 26.6. The van der Waals surface area contributed by atoms with E-state index in [0.717, 1.165) is 5.56 Å². The summed E-state index contributed by atoms with van der Waals surface area (Å²) in [6.45, 7) is 0.256. The van der Waals surface area contributed by atoms with Crippen molar-refractivity contribution < 1.29 is 24.2 Å². The van der Waals surface area contributed by atoms with Crippen LogP contribution < -0.4 is 5.32 Å². The number of amides is 2. The highest BCUT2D eigenvalue weighted by atomic mass is 32.2. The number of fused-ring (bicyclic) bond motifs is 1. The Hall–Kier alpha value is -1.71.